The van der Waals surface area contributed by atoms with E-state index in [1.165, 1.54) is 33.5 Å². The summed E-state index contributed by atoms with van der Waals surface area (Å²) in [4.78, 5) is 26.0. The monoisotopic (exact) mass is 474 g/mol. The summed E-state index contributed by atoms with van der Waals surface area (Å²) in [5.41, 5.74) is -0.471. The van der Waals surface area contributed by atoms with Crippen LogP contribution in [0.3, 0.4) is 0 Å². The Kier molecular flexibility index (Phi) is 11.2. The minimum atomic E-state index is -3.68. The zero-order valence-corrected chi connectivity index (χ0v) is 20.8. The van der Waals surface area contributed by atoms with E-state index in [1.807, 2.05) is 0 Å². The molecule has 0 radical (unpaired) electrons. The third-order valence-corrected chi connectivity index (χ3v) is 8.40. The molecule has 2 aromatic carbocycles. The van der Waals surface area contributed by atoms with Crippen molar-refractivity contribution in [2.45, 2.75) is 51.9 Å². The normalized spacial score (nSPS) is 12.6. The number of carbonyl (C=O) groups is 2. The van der Waals surface area contributed by atoms with Crippen molar-refractivity contribution in [1.29, 1.82) is 0 Å². The van der Waals surface area contributed by atoms with Crippen LogP contribution in [-0.4, -0.2) is 38.5 Å². The number of hydrogen-bond acceptors (Lipinski definition) is 6. The van der Waals surface area contributed by atoms with Crippen molar-refractivity contribution in [3.05, 3.63) is 54.1 Å². The van der Waals surface area contributed by atoms with Gasteiger partial charge in [-0.05, 0) is 18.6 Å². The predicted octanol–water partition coefficient (Wildman–Crippen LogP) is 5.83. The second-order valence-corrected chi connectivity index (χ2v) is 10.7. The van der Waals surface area contributed by atoms with E-state index in [0.29, 0.717) is 11.9 Å². The third-order valence-electron chi connectivity index (χ3n) is 5.53. The van der Waals surface area contributed by atoms with Gasteiger partial charge >= 0.3 is 5.97 Å². The molecule has 6 nitrogen and oxygen atoms in total. The topological polar surface area (TPSA) is 78.9 Å². The van der Waals surface area contributed by atoms with Gasteiger partial charge < -0.3 is 18.8 Å². The van der Waals surface area contributed by atoms with Crippen molar-refractivity contribution in [2.75, 3.05) is 27.0 Å². The molecule has 0 aliphatic carbocycles. The molecule has 180 valence electrons. The molecule has 0 spiro atoms. The van der Waals surface area contributed by atoms with Crippen molar-refractivity contribution >= 4 is 23.9 Å². The lowest BCUT2D eigenvalue weighted by molar-refractivity contribution is -0.143. The molecule has 0 saturated heterocycles. The Morgan fingerprint density at radius 1 is 0.818 bits per heavy atom. The van der Waals surface area contributed by atoms with E-state index in [4.69, 9.17) is 14.2 Å². The van der Waals surface area contributed by atoms with Crippen molar-refractivity contribution < 1.29 is 28.4 Å². The Bertz CT molecular complexity index is 919. The summed E-state index contributed by atoms with van der Waals surface area (Å²) < 4.78 is 30.2. The van der Waals surface area contributed by atoms with Crippen LogP contribution in [0.5, 0.6) is 11.5 Å². The summed E-state index contributed by atoms with van der Waals surface area (Å²) in [7, 11) is -0.790. The summed E-state index contributed by atoms with van der Waals surface area (Å²) in [6, 6.07) is 13.5. The van der Waals surface area contributed by atoms with Crippen molar-refractivity contribution in [3.63, 3.8) is 0 Å². The Labute approximate surface area is 197 Å². The lowest BCUT2D eigenvalue weighted by Crippen LogP contribution is -2.19. The van der Waals surface area contributed by atoms with Crippen molar-refractivity contribution in [2.24, 2.45) is 0 Å². The first-order valence-electron chi connectivity index (χ1n) is 11.5. The number of unbranched alkanes of at least 4 members (excludes halogenated alkanes) is 5. The summed E-state index contributed by atoms with van der Waals surface area (Å²) in [6.07, 6.45) is 6.33. The van der Waals surface area contributed by atoms with Gasteiger partial charge in [0.25, 0.3) is 0 Å². The van der Waals surface area contributed by atoms with E-state index in [-0.39, 0.29) is 29.6 Å². The fourth-order valence-corrected chi connectivity index (χ4v) is 6.08. The summed E-state index contributed by atoms with van der Waals surface area (Å²) in [5.74, 6) is 0.113. The second kappa shape index (κ2) is 13.8. The standard InChI is InChI=1S/C26H35O6P/c1-4-5-6-7-8-12-19-32-24(27)18-20-33(29,21-14-10-9-11-15-21)26(28)25-22(30-2)16-13-17-23(25)31-3/h9-11,13-17H,4-8,12,18-20H2,1-3H3. The molecule has 0 amide bonds. The van der Waals surface area contributed by atoms with E-state index in [2.05, 4.69) is 6.92 Å². The van der Waals surface area contributed by atoms with E-state index in [1.54, 1.807) is 48.5 Å². The first-order chi connectivity index (χ1) is 16.0. The summed E-state index contributed by atoms with van der Waals surface area (Å²) in [5, 5.41) is 0.395. The molecule has 0 saturated carbocycles. The van der Waals surface area contributed by atoms with Gasteiger partial charge in [-0.1, -0.05) is 75.4 Å². The van der Waals surface area contributed by atoms with Crippen LogP contribution in [-0.2, 0) is 14.1 Å². The van der Waals surface area contributed by atoms with Gasteiger partial charge in [0.15, 0.2) is 7.14 Å². The van der Waals surface area contributed by atoms with Crippen LogP contribution in [0.25, 0.3) is 0 Å². The molecule has 0 heterocycles. The molecule has 7 heteroatoms. The first-order valence-corrected chi connectivity index (χ1v) is 13.4. The predicted molar refractivity (Wildman–Crippen MR) is 131 cm³/mol. The molecule has 2 aromatic rings. The molecule has 0 aliphatic heterocycles. The van der Waals surface area contributed by atoms with E-state index in [9.17, 15) is 14.2 Å². The highest BCUT2D eigenvalue weighted by Gasteiger charge is 2.38. The highest BCUT2D eigenvalue weighted by atomic mass is 31.2. The van der Waals surface area contributed by atoms with E-state index in [0.717, 1.165) is 19.3 Å². The summed E-state index contributed by atoms with van der Waals surface area (Å²) in [6.45, 7) is 2.51. The van der Waals surface area contributed by atoms with Gasteiger partial charge in [-0.3, -0.25) is 9.59 Å². The molecule has 0 aliphatic rings. The van der Waals surface area contributed by atoms with Gasteiger partial charge in [-0.25, -0.2) is 0 Å². The molecule has 0 fully saturated rings. The third kappa shape index (κ3) is 7.46. The maximum absolute atomic E-state index is 14.2. The molecule has 1 unspecified atom stereocenters. The molecule has 0 N–H and O–H groups in total. The molecule has 0 bridgehead atoms. The Hall–Kier alpha value is -2.59. The number of benzene rings is 2. The smallest absolute Gasteiger partial charge is 0.306 e. The van der Waals surface area contributed by atoms with Crippen molar-refractivity contribution in [3.8, 4) is 11.5 Å². The average molecular weight is 475 g/mol. The molecule has 1 atom stereocenters. The molecule has 2 rings (SSSR count). The second-order valence-electron chi connectivity index (χ2n) is 7.88. The van der Waals surface area contributed by atoms with Crippen LogP contribution in [0.2, 0.25) is 0 Å². The van der Waals surface area contributed by atoms with Gasteiger partial charge in [-0.15, -0.1) is 0 Å². The fourth-order valence-electron chi connectivity index (χ4n) is 3.65. The van der Waals surface area contributed by atoms with Gasteiger partial charge in [-0.2, -0.15) is 0 Å². The minimum absolute atomic E-state index is 0.106. The zero-order chi connectivity index (χ0) is 24.1. The van der Waals surface area contributed by atoms with Gasteiger partial charge in [0, 0.05) is 11.5 Å². The molecular weight excluding hydrogens is 439 g/mol. The fraction of sp³-hybridized carbons (Fsp3) is 0.462. The van der Waals surface area contributed by atoms with Crippen LogP contribution in [0.1, 0.15) is 62.2 Å². The average Bonchev–Trinajstić information content (AvgIpc) is 2.86. The van der Waals surface area contributed by atoms with Crippen LogP contribution in [0.15, 0.2) is 48.5 Å². The first kappa shape index (κ1) is 26.7. The zero-order valence-electron chi connectivity index (χ0n) is 19.9. The molecule has 33 heavy (non-hydrogen) atoms. The lowest BCUT2D eigenvalue weighted by atomic mass is 10.1. The van der Waals surface area contributed by atoms with E-state index < -0.39 is 18.6 Å². The SMILES string of the molecule is CCCCCCCCOC(=O)CCP(=O)(C(=O)c1c(OC)cccc1OC)c1ccccc1. The van der Waals surface area contributed by atoms with Crippen LogP contribution in [0.4, 0.5) is 0 Å². The Morgan fingerprint density at radius 3 is 2.03 bits per heavy atom. The minimum Gasteiger partial charge on any atom is -0.496 e. The lowest BCUT2D eigenvalue weighted by Gasteiger charge is -2.20. The maximum Gasteiger partial charge on any atom is 0.306 e. The van der Waals surface area contributed by atoms with Crippen LogP contribution >= 0.6 is 7.14 Å². The van der Waals surface area contributed by atoms with Crippen LogP contribution in [0, 0.1) is 0 Å². The Morgan fingerprint density at radius 2 is 1.42 bits per heavy atom. The van der Waals surface area contributed by atoms with Gasteiger partial charge in [0.2, 0.25) is 5.52 Å². The number of rotatable bonds is 15. The Balaban J connectivity index is 2.14. The maximum atomic E-state index is 14.2. The quantitative estimate of drug-likeness (QED) is 0.184. The highest BCUT2D eigenvalue weighted by molar-refractivity contribution is 7.87. The number of hydrogen-bond donors (Lipinski definition) is 0. The number of ether oxygens (including phenoxy) is 3. The van der Waals surface area contributed by atoms with Gasteiger partial charge in [0.05, 0.1) is 27.2 Å². The van der Waals surface area contributed by atoms with Crippen molar-refractivity contribution in [1.82, 2.24) is 0 Å². The number of carbonyl (C=O) groups excluding carboxylic acids is 2. The van der Waals surface area contributed by atoms with Gasteiger partial charge in [0.1, 0.15) is 17.1 Å². The molecule has 0 aromatic heterocycles. The van der Waals surface area contributed by atoms with Crippen LogP contribution < -0.4 is 14.8 Å². The number of methoxy groups -OCH3 is 2. The highest BCUT2D eigenvalue weighted by Crippen LogP contribution is 2.51. The summed E-state index contributed by atoms with van der Waals surface area (Å²) >= 11 is 0. The number of esters is 1. The molecular formula is C26H35O6P. The van der Waals surface area contributed by atoms with E-state index >= 15 is 0 Å². The largest absolute Gasteiger partial charge is 0.496 e.